The van der Waals surface area contributed by atoms with Crippen LogP contribution in [-0.4, -0.2) is 11.5 Å². The standard InChI is InChI=1S/C15H16Br2N2/c1-2-18-15(11-4-3-5-12(16)8-11)9-14-7-6-13(17)10-19-14/h3-8,10,15,18H,2,9H2,1H3. The molecule has 0 spiro atoms. The number of hydrogen-bond acceptors (Lipinski definition) is 2. The molecule has 2 rings (SSSR count). The average Bonchev–Trinajstić information content (AvgIpc) is 2.41. The maximum absolute atomic E-state index is 4.45. The predicted octanol–water partition coefficient (Wildman–Crippen LogP) is 4.50. The summed E-state index contributed by atoms with van der Waals surface area (Å²) in [4.78, 5) is 4.45. The molecule has 1 aromatic heterocycles. The van der Waals surface area contributed by atoms with E-state index in [9.17, 15) is 0 Å². The third-order valence-corrected chi connectivity index (χ3v) is 3.87. The Balaban J connectivity index is 2.18. The third-order valence-electron chi connectivity index (χ3n) is 2.90. The first-order chi connectivity index (χ1) is 9.19. The summed E-state index contributed by atoms with van der Waals surface area (Å²) < 4.78 is 2.12. The van der Waals surface area contributed by atoms with Gasteiger partial charge in [-0.3, -0.25) is 4.98 Å². The quantitative estimate of drug-likeness (QED) is 0.822. The van der Waals surface area contributed by atoms with Crippen molar-refractivity contribution in [3.8, 4) is 0 Å². The number of likely N-dealkylation sites (N-methyl/N-ethyl adjacent to an activating group) is 1. The molecule has 4 heteroatoms. The van der Waals surface area contributed by atoms with Gasteiger partial charge in [-0.05, 0) is 52.3 Å². The highest BCUT2D eigenvalue weighted by Crippen LogP contribution is 2.21. The van der Waals surface area contributed by atoms with Gasteiger partial charge in [0.05, 0.1) is 0 Å². The molecule has 19 heavy (non-hydrogen) atoms. The second kappa shape index (κ2) is 7.17. The lowest BCUT2D eigenvalue weighted by Gasteiger charge is -2.18. The van der Waals surface area contributed by atoms with Gasteiger partial charge in [-0.2, -0.15) is 0 Å². The summed E-state index contributed by atoms with van der Waals surface area (Å²) in [5, 5.41) is 3.52. The summed E-state index contributed by atoms with van der Waals surface area (Å²) in [6.07, 6.45) is 2.73. The van der Waals surface area contributed by atoms with Crippen molar-refractivity contribution in [1.29, 1.82) is 0 Å². The maximum atomic E-state index is 4.45. The molecule has 0 saturated carbocycles. The summed E-state index contributed by atoms with van der Waals surface area (Å²) in [6.45, 7) is 3.06. The summed E-state index contributed by atoms with van der Waals surface area (Å²) in [6, 6.07) is 12.8. The molecule has 100 valence electrons. The molecule has 0 bridgehead atoms. The van der Waals surface area contributed by atoms with Crippen molar-refractivity contribution in [3.05, 3.63) is 62.8 Å². The Labute approximate surface area is 130 Å². The second-order valence-electron chi connectivity index (χ2n) is 4.34. The highest BCUT2D eigenvalue weighted by molar-refractivity contribution is 9.10. The first kappa shape index (κ1) is 14.7. The fourth-order valence-corrected chi connectivity index (χ4v) is 2.67. The monoisotopic (exact) mass is 382 g/mol. The molecule has 0 fully saturated rings. The summed E-state index contributed by atoms with van der Waals surface area (Å²) in [5.74, 6) is 0. The molecule has 1 N–H and O–H groups in total. The molecule has 1 unspecified atom stereocenters. The van der Waals surface area contributed by atoms with E-state index in [-0.39, 0.29) is 6.04 Å². The van der Waals surface area contributed by atoms with Crippen molar-refractivity contribution in [1.82, 2.24) is 10.3 Å². The molecule has 1 heterocycles. The zero-order valence-corrected chi connectivity index (χ0v) is 13.9. The number of pyridine rings is 1. The summed E-state index contributed by atoms with van der Waals surface area (Å²) in [7, 11) is 0. The third kappa shape index (κ3) is 4.41. The van der Waals surface area contributed by atoms with Gasteiger partial charge in [-0.15, -0.1) is 0 Å². The van der Waals surface area contributed by atoms with Crippen LogP contribution in [0, 0.1) is 0 Å². The van der Waals surface area contributed by atoms with Gasteiger partial charge in [-0.25, -0.2) is 0 Å². The van der Waals surface area contributed by atoms with Gasteiger partial charge >= 0.3 is 0 Å². The van der Waals surface area contributed by atoms with Gasteiger partial charge in [0.25, 0.3) is 0 Å². The molecule has 0 aliphatic carbocycles. The van der Waals surface area contributed by atoms with Crippen LogP contribution in [0.15, 0.2) is 51.5 Å². The van der Waals surface area contributed by atoms with Crippen molar-refractivity contribution in [2.75, 3.05) is 6.54 Å². The molecular weight excluding hydrogens is 368 g/mol. The SMILES string of the molecule is CCNC(Cc1ccc(Br)cn1)c1cccc(Br)c1. The van der Waals surface area contributed by atoms with Crippen LogP contribution in [0.1, 0.15) is 24.2 Å². The van der Waals surface area contributed by atoms with Gasteiger partial charge in [-0.1, -0.05) is 35.0 Å². The molecule has 0 aliphatic rings. The van der Waals surface area contributed by atoms with E-state index in [1.807, 2.05) is 18.3 Å². The van der Waals surface area contributed by atoms with Crippen LogP contribution in [0.3, 0.4) is 0 Å². The number of benzene rings is 1. The molecule has 0 amide bonds. The second-order valence-corrected chi connectivity index (χ2v) is 6.17. The van der Waals surface area contributed by atoms with E-state index in [0.717, 1.165) is 27.6 Å². The van der Waals surface area contributed by atoms with Crippen LogP contribution in [0.4, 0.5) is 0 Å². The first-order valence-corrected chi connectivity index (χ1v) is 7.87. The highest BCUT2D eigenvalue weighted by Gasteiger charge is 2.12. The van der Waals surface area contributed by atoms with Crippen LogP contribution >= 0.6 is 31.9 Å². The van der Waals surface area contributed by atoms with Gasteiger partial charge in [0.1, 0.15) is 0 Å². The number of rotatable bonds is 5. The predicted molar refractivity (Wildman–Crippen MR) is 86.2 cm³/mol. The molecule has 1 aromatic carbocycles. The minimum atomic E-state index is 0.288. The molecule has 0 radical (unpaired) electrons. The Kier molecular flexibility index (Phi) is 5.55. The number of aromatic nitrogens is 1. The molecule has 0 aliphatic heterocycles. The van der Waals surface area contributed by atoms with Gasteiger partial charge < -0.3 is 5.32 Å². The normalized spacial score (nSPS) is 12.4. The Morgan fingerprint density at radius 2 is 2.00 bits per heavy atom. The molecule has 2 nitrogen and oxygen atoms in total. The number of nitrogens with zero attached hydrogens (tertiary/aromatic N) is 1. The number of halogens is 2. The van der Waals surface area contributed by atoms with Crippen molar-refractivity contribution in [3.63, 3.8) is 0 Å². The highest BCUT2D eigenvalue weighted by atomic mass is 79.9. The van der Waals surface area contributed by atoms with E-state index in [1.54, 1.807) is 0 Å². The van der Waals surface area contributed by atoms with Crippen molar-refractivity contribution < 1.29 is 0 Å². The topological polar surface area (TPSA) is 24.9 Å². The van der Waals surface area contributed by atoms with E-state index in [4.69, 9.17) is 0 Å². The van der Waals surface area contributed by atoms with E-state index in [1.165, 1.54) is 5.56 Å². The van der Waals surface area contributed by atoms with Crippen LogP contribution in [0.5, 0.6) is 0 Å². The molecule has 1 atom stereocenters. The van der Waals surface area contributed by atoms with E-state index < -0.39 is 0 Å². The van der Waals surface area contributed by atoms with Crippen LogP contribution in [0.25, 0.3) is 0 Å². The smallest absolute Gasteiger partial charge is 0.0423 e. The van der Waals surface area contributed by atoms with E-state index >= 15 is 0 Å². The van der Waals surface area contributed by atoms with Crippen LogP contribution in [0.2, 0.25) is 0 Å². The Morgan fingerprint density at radius 3 is 2.63 bits per heavy atom. The van der Waals surface area contributed by atoms with Gasteiger partial charge in [0, 0.05) is 33.3 Å². The molecule has 2 aromatic rings. The van der Waals surface area contributed by atoms with Crippen LogP contribution < -0.4 is 5.32 Å². The Bertz CT molecular complexity index is 526. The zero-order chi connectivity index (χ0) is 13.7. The number of hydrogen-bond donors (Lipinski definition) is 1. The summed E-state index contributed by atoms with van der Waals surface area (Å²) in [5.41, 5.74) is 2.37. The maximum Gasteiger partial charge on any atom is 0.0423 e. The van der Waals surface area contributed by atoms with Crippen LogP contribution in [-0.2, 0) is 6.42 Å². The first-order valence-electron chi connectivity index (χ1n) is 6.28. The minimum Gasteiger partial charge on any atom is -0.310 e. The summed E-state index contributed by atoms with van der Waals surface area (Å²) >= 11 is 6.94. The largest absolute Gasteiger partial charge is 0.310 e. The lowest BCUT2D eigenvalue weighted by Crippen LogP contribution is -2.23. The van der Waals surface area contributed by atoms with E-state index in [0.29, 0.717) is 0 Å². The Morgan fingerprint density at radius 1 is 1.16 bits per heavy atom. The lowest BCUT2D eigenvalue weighted by atomic mass is 10.0. The van der Waals surface area contributed by atoms with Crippen molar-refractivity contribution in [2.24, 2.45) is 0 Å². The fourth-order valence-electron chi connectivity index (χ4n) is 2.01. The lowest BCUT2D eigenvalue weighted by molar-refractivity contribution is 0.544. The minimum absolute atomic E-state index is 0.288. The average molecular weight is 384 g/mol. The van der Waals surface area contributed by atoms with Crippen molar-refractivity contribution >= 4 is 31.9 Å². The van der Waals surface area contributed by atoms with E-state index in [2.05, 4.69) is 73.3 Å². The van der Waals surface area contributed by atoms with Gasteiger partial charge in [0.15, 0.2) is 0 Å². The zero-order valence-electron chi connectivity index (χ0n) is 10.7. The van der Waals surface area contributed by atoms with Gasteiger partial charge in [0.2, 0.25) is 0 Å². The number of nitrogens with one attached hydrogen (secondary N) is 1. The molecule has 0 saturated heterocycles. The Hall–Kier alpha value is -0.710. The molecular formula is C15H16Br2N2. The van der Waals surface area contributed by atoms with Crippen molar-refractivity contribution in [2.45, 2.75) is 19.4 Å². The fraction of sp³-hybridized carbons (Fsp3) is 0.267.